The number of likely N-dealkylation sites (tertiary alicyclic amines) is 2. The highest BCUT2D eigenvalue weighted by Crippen LogP contribution is 2.32. The molecule has 3 heterocycles. The molecular weight excluding hydrogens is 1090 g/mol. The van der Waals surface area contributed by atoms with Gasteiger partial charge < -0.3 is 39.8 Å². The van der Waals surface area contributed by atoms with Gasteiger partial charge in [0.05, 0.1) is 25.2 Å². The second-order valence-electron chi connectivity index (χ2n) is 23.9. The van der Waals surface area contributed by atoms with Crippen molar-refractivity contribution in [3.63, 3.8) is 0 Å². The zero-order valence-corrected chi connectivity index (χ0v) is 51.7. The number of aliphatic carboxylic acids is 1. The minimum atomic E-state index is -1.02. The number of amides is 5. The number of esters is 1. The molecule has 84 heavy (non-hydrogen) atoms. The van der Waals surface area contributed by atoms with Crippen LogP contribution in [0.1, 0.15) is 177 Å². The molecule has 2 aliphatic heterocycles. The number of piperidine rings is 2. The Morgan fingerprint density at radius 3 is 2.10 bits per heavy atom. The fourth-order valence-corrected chi connectivity index (χ4v) is 12.5. The number of hydrogen-bond acceptors (Lipinski definition) is 15. The quantitative estimate of drug-likeness (QED) is 0.0336. The molecule has 21 heteroatoms. The van der Waals surface area contributed by atoms with E-state index in [0.29, 0.717) is 41.4 Å². The number of nitrogens with zero attached hydrogens (tertiary/aromatic N) is 4. The lowest BCUT2D eigenvalue weighted by atomic mass is 9.92. The second-order valence-corrected chi connectivity index (χ2v) is 24.8. The molecule has 0 bridgehead atoms. The number of aromatic nitrogens is 1. The average molecular weight is 1190 g/mol. The topological polar surface area (TPSA) is 247 Å². The number of carboxylic acid groups (broad SMARTS) is 1. The Balaban J connectivity index is 0.948. The largest absolute Gasteiger partial charge is 0.484 e. The molecule has 0 radical (unpaired) electrons. The van der Waals surface area contributed by atoms with Gasteiger partial charge in [-0.3, -0.25) is 43.8 Å². The predicted molar refractivity (Wildman–Crippen MR) is 322 cm³/mol. The number of likely N-dealkylation sites (N-methyl/N-ethyl adjacent to an activating group) is 2. The summed E-state index contributed by atoms with van der Waals surface area (Å²) in [6.07, 6.45) is 15.3. The number of thiazole rings is 1. The molecule has 3 aromatic rings. The fourth-order valence-electron chi connectivity index (χ4n) is 11.6. The Bertz CT molecular complexity index is 2570. The van der Waals surface area contributed by atoms with Gasteiger partial charge in [-0.1, -0.05) is 110 Å². The lowest BCUT2D eigenvalue weighted by molar-refractivity contribution is -0.149. The molecule has 1 aliphatic carbocycles. The second kappa shape index (κ2) is 34.1. The summed E-state index contributed by atoms with van der Waals surface area (Å²) < 4.78 is 17.1. The molecule has 20 nitrogen and oxygen atoms in total. The Hall–Kier alpha value is -6.16. The van der Waals surface area contributed by atoms with Crippen LogP contribution in [-0.2, 0) is 51.3 Å². The highest BCUT2D eigenvalue weighted by Gasteiger charge is 2.38. The van der Waals surface area contributed by atoms with E-state index >= 15 is 0 Å². The number of hydroxylamine groups is 1. The van der Waals surface area contributed by atoms with E-state index in [4.69, 9.17) is 19.0 Å². The smallest absolute Gasteiger partial charge is 0.411 e. The lowest BCUT2D eigenvalue weighted by Crippen LogP contribution is -2.58. The molecule has 3 fully saturated rings. The number of benzene rings is 2. The summed E-state index contributed by atoms with van der Waals surface area (Å²) in [4.78, 5) is 108. The number of carboxylic acids is 1. The highest BCUT2D eigenvalue weighted by atomic mass is 32.1. The first-order valence-corrected chi connectivity index (χ1v) is 31.5. The van der Waals surface area contributed by atoms with Crippen LogP contribution >= 0.6 is 11.3 Å². The molecule has 1 aromatic heterocycles. The van der Waals surface area contributed by atoms with Crippen LogP contribution in [0.5, 0.6) is 5.75 Å². The van der Waals surface area contributed by atoms with E-state index in [-0.39, 0.29) is 67.9 Å². The summed E-state index contributed by atoms with van der Waals surface area (Å²) in [5.74, 6) is -3.36. The zero-order chi connectivity index (χ0) is 60.7. The molecule has 5 N–H and O–H groups in total. The van der Waals surface area contributed by atoms with E-state index in [1.54, 1.807) is 72.8 Å². The third kappa shape index (κ3) is 21.4. The van der Waals surface area contributed by atoms with Crippen molar-refractivity contribution in [1.29, 1.82) is 0 Å². The lowest BCUT2D eigenvalue weighted by Gasteiger charge is -2.38. The predicted octanol–water partition coefficient (Wildman–Crippen LogP) is 9.48. The first-order valence-electron chi connectivity index (χ1n) is 30.6. The van der Waals surface area contributed by atoms with Crippen molar-refractivity contribution in [3.05, 3.63) is 75.7 Å². The van der Waals surface area contributed by atoms with E-state index in [9.17, 15) is 38.7 Å². The van der Waals surface area contributed by atoms with Crippen LogP contribution in [0.2, 0.25) is 0 Å². The summed E-state index contributed by atoms with van der Waals surface area (Å²) >= 11 is 1.14. The van der Waals surface area contributed by atoms with Gasteiger partial charge in [-0.2, -0.15) is 0 Å². The van der Waals surface area contributed by atoms with E-state index < -0.39 is 60.0 Å². The van der Waals surface area contributed by atoms with E-state index in [2.05, 4.69) is 31.3 Å². The van der Waals surface area contributed by atoms with Crippen molar-refractivity contribution in [2.75, 3.05) is 52.3 Å². The number of rotatable bonds is 28. The van der Waals surface area contributed by atoms with Crippen LogP contribution in [-0.4, -0.2) is 144 Å². The monoisotopic (exact) mass is 1190 g/mol. The maximum atomic E-state index is 14.4. The van der Waals surface area contributed by atoms with E-state index in [1.165, 1.54) is 58.3 Å². The molecule has 6 rings (SSSR count). The van der Waals surface area contributed by atoms with Crippen molar-refractivity contribution in [2.45, 2.75) is 194 Å². The Morgan fingerprint density at radius 1 is 0.810 bits per heavy atom. The summed E-state index contributed by atoms with van der Waals surface area (Å²) in [6, 6.07) is 12.5. The molecule has 0 spiro atoms. The van der Waals surface area contributed by atoms with Gasteiger partial charge in [0.15, 0.2) is 12.7 Å². The standard InChI is InChI=1S/C63H94N8O12S/c1-9-42(4)57(67-59(75)53-20-16-17-31-69(53)7)61(76)70(8)54(41(2)3)36-55(83-44(6)72)60-66-52(40-84-60)58(74)64-49(34-43(5)62(77)78)35-45-23-27-51(28-24-45)80-39-56(73)68-82-38-46-21-25-48(26-22-46)65-63(79)81-37-47-29-32-71(33-30-47)50-18-14-12-10-11-13-15-19-50/h21-28,40-43,47,49-50,53-55,57H,9-20,29-39H2,1-8H3,(H,64,74)(H,65,79)(H,67,75)(H,68,73)(H,77,78). The third-order valence-electron chi connectivity index (χ3n) is 17.0. The fraction of sp³-hybridized carbons (Fsp3) is 0.651. The molecule has 2 aromatic carbocycles. The minimum Gasteiger partial charge on any atom is -0.484 e. The van der Waals surface area contributed by atoms with Crippen molar-refractivity contribution in [2.24, 2.45) is 23.7 Å². The van der Waals surface area contributed by atoms with Crippen molar-refractivity contribution >= 4 is 58.7 Å². The van der Waals surface area contributed by atoms with Crippen LogP contribution in [0, 0.1) is 23.7 Å². The SMILES string of the molecule is CCC(C)C(NC(=O)C1CCCCN1C)C(=O)N(C)C(CC(OC(C)=O)c1nc(C(=O)NC(Cc2ccc(OCC(=O)NOCc3ccc(NC(=O)OCC4CCN(C5CCCCCCCC5)CC4)cc3)cc2)CC(C)C(=O)O)cs1)C(C)C. The summed E-state index contributed by atoms with van der Waals surface area (Å²) in [5, 5.41) is 20.6. The Kier molecular flexibility index (Phi) is 27.2. The molecule has 7 unspecified atom stereocenters. The number of carbonyl (C=O) groups is 7. The normalized spacial score (nSPS) is 18.9. The minimum absolute atomic E-state index is 0.0546. The first-order chi connectivity index (χ1) is 40.3. The van der Waals surface area contributed by atoms with Gasteiger partial charge in [0, 0.05) is 49.6 Å². The average Bonchev–Trinajstić information content (AvgIpc) is 3.90. The van der Waals surface area contributed by atoms with Gasteiger partial charge in [-0.25, -0.2) is 15.3 Å². The maximum Gasteiger partial charge on any atom is 0.411 e. The summed E-state index contributed by atoms with van der Waals surface area (Å²) in [5.41, 5.74) is 4.55. The van der Waals surface area contributed by atoms with Gasteiger partial charge in [-0.05, 0) is 131 Å². The number of nitrogens with one attached hydrogen (secondary N) is 4. The first kappa shape index (κ1) is 67.0. The van der Waals surface area contributed by atoms with Crippen molar-refractivity contribution < 1.29 is 57.7 Å². The number of anilines is 1. The Morgan fingerprint density at radius 2 is 1.46 bits per heavy atom. The highest BCUT2D eigenvalue weighted by molar-refractivity contribution is 7.09. The van der Waals surface area contributed by atoms with Crippen LogP contribution in [0.15, 0.2) is 53.9 Å². The molecule has 2 saturated heterocycles. The van der Waals surface area contributed by atoms with Crippen LogP contribution in [0.25, 0.3) is 0 Å². The maximum absolute atomic E-state index is 14.4. The summed E-state index contributed by atoms with van der Waals surface area (Å²) in [7, 11) is 3.63. The number of hydrogen-bond donors (Lipinski definition) is 5. The molecular formula is C63H94N8O12S. The number of ether oxygens (including phenoxy) is 3. The molecule has 1 saturated carbocycles. The van der Waals surface area contributed by atoms with E-state index in [0.717, 1.165) is 74.2 Å². The van der Waals surface area contributed by atoms with Crippen molar-refractivity contribution in [1.82, 2.24) is 35.8 Å². The van der Waals surface area contributed by atoms with Crippen LogP contribution < -0.4 is 26.2 Å². The molecule has 464 valence electrons. The number of carbonyl (C=O) groups excluding carboxylic acids is 6. The van der Waals surface area contributed by atoms with Crippen LogP contribution in [0.3, 0.4) is 0 Å². The van der Waals surface area contributed by atoms with Crippen molar-refractivity contribution in [3.8, 4) is 5.75 Å². The Labute approximate surface area is 501 Å². The van der Waals surface area contributed by atoms with E-state index in [1.807, 2.05) is 39.6 Å². The van der Waals surface area contributed by atoms with Gasteiger partial charge >= 0.3 is 18.0 Å². The molecule has 3 aliphatic rings. The molecule has 5 amide bonds. The third-order valence-corrected chi connectivity index (χ3v) is 17.9. The van der Waals surface area contributed by atoms with Crippen LogP contribution in [0.4, 0.5) is 10.5 Å². The zero-order valence-electron chi connectivity index (χ0n) is 50.9. The van der Waals surface area contributed by atoms with Gasteiger partial charge in [0.2, 0.25) is 11.8 Å². The van der Waals surface area contributed by atoms with Gasteiger partial charge in [0.25, 0.3) is 11.8 Å². The van der Waals surface area contributed by atoms with Gasteiger partial charge in [-0.15, -0.1) is 11.3 Å². The summed E-state index contributed by atoms with van der Waals surface area (Å²) in [6.45, 7) is 13.8. The van der Waals surface area contributed by atoms with Gasteiger partial charge in [0.1, 0.15) is 22.5 Å². The molecule has 7 atom stereocenters.